The van der Waals surface area contributed by atoms with Crippen LogP contribution in [-0.4, -0.2) is 54.2 Å². The van der Waals surface area contributed by atoms with E-state index in [-0.39, 0.29) is 11.6 Å². The van der Waals surface area contributed by atoms with Crippen molar-refractivity contribution in [1.29, 1.82) is 0 Å². The Morgan fingerprint density at radius 3 is 2.59 bits per heavy atom. The lowest BCUT2D eigenvalue weighted by atomic mass is 10.4. The van der Waals surface area contributed by atoms with Crippen LogP contribution in [0.2, 0.25) is 0 Å². The van der Waals surface area contributed by atoms with Gasteiger partial charge in [-0.3, -0.25) is 4.79 Å². The van der Waals surface area contributed by atoms with Gasteiger partial charge in [-0.2, -0.15) is 30.6 Å². The Kier molecular flexibility index (Phi) is 4.28. The van der Waals surface area contributed by atoms with Crippen molar-refractivity contribution in [2.24, 2.45) is 0 Å². The molecular weight excluding hydrogens is 285 g/mol. The highest BCUT2D eigenvalue weighted by molar-refractivity contribution is 8.00. The molecule has 0 aromatic carbocycles. The van der Waals surface area contributed by atoms with Gasteiger partial charge in [0.2, 0.25) is 0 Å². The Morgan fingerprint density at radius 1 is 1.53 bits per heavy atom. The first-order valence-electron chi connectivity index (χ1n) is 4.27. The quantitative estimate of drug-likeness (QED) is 0.752. The molecule has 0 bridgehead atoms. The van der Waals surface area contributed by atoms with E-state index in [0.29, 0.717) is 4.31 Å². The van der Waals surface area contributed by atoms with E-state index >= 15 is 0 Å². The number of halogens is 3. The van der Waals surface area contributed by atoms with Crippen molar-refractivity contribution in [2.45, 2.75) is 12.2 Å². The first kappa shape index (κ1) is 14.5. The van der Waals surface area contributed by atoms with Crippen LogP contribution >= 0.6 is 11.8 Å². The van der Waals surface area contributed by atoms with Crippen molar-refractivity contribution < 1.29 is 31.5 Å². The number of nitrogens with one attached hydrogen (secondary N) is 1. The molecule has 17 heavy (non-hydrogen) atoms. The van der Waals surface area contributed by atoms with Crippen molar-refractivity contribution in [1.82, 2.24) is 9.03 Å². The van der Waals surface area contributed by atoms with Crippen LogP contribution in [0.15, 0.2) is 0 Å². The van der Waals surface area contributed by atoms with E-state index in [4.69, 9.17) is 5.11 Å². The van der Waals surface area contributed by atoms with Crippen molar-refractivity contribution in [3.63, 3.8) is 0 Å². The Bertz CT molecular complexity index is 397. The first-order chi connectivity index (χ1) is 7.63. The van der Waals surface area contributed by atoms with Gasteiger partial charge in [-0.15, -0.1) is 11.8 Å². The monoisotopic (exact) mass is 294 g/mol. The van der Waals surface area contributed by atoms with Crippen molar-refractivity contribution >= 4 is 27.9 Å². The standard InChI is InChI=1S/C6H9F3N2O4S2/c7-6(8,9)2-10-17(14,15)11-3-16-1-4(11)5(12)13/h4,10H,1-3H2,(H,12,13)/t4-/m0/s1. The lowest BCUT2D eigenvalue weighted by molar-refractivity contribution is -0.140. The number of rotatable bonds is 4. The van der Waals surface area contributed by atoms with E-state index in [2.05, 4.69) is 0 Å². The van der Waals surface area contributed by atoms with Crippen LogP contribution in [0.3, 0.4) is 0 Å². The number of thioether (sulfide) groups is 1. The number of nitrogens with zero attached hydrogens (tertiary/aromatic N) is 1. The van der Waals surface area contributed by atoms with Crippen molar-refractivity contribution in [3.8, 4) is 0 Å². The van der Waals surface area contributed by atoms with Gasteiger partial charge in [0.15, 0.2) is 0 Å². The largest absolute Gasteiger partial charge is 0.480 e. The SMILES string of the molecule is O=C(O)[C@@H]1CSCN1S(=O)(=O)NCC(F)(F)F. The van der Waals surface area contributed by atoms with Gasteiger partial charge in [-0.25, -0.2) is 0 Å². The molecule has 1 saturated heterocycles. The molecule has 0 unspecified atom stereocenters. The fraction of sp³-hybridized carbons (Fsp3) is 0.833. The highest BCUT2D eigenvalue weighted by Gasteiger charge is 2.40. The summed E-state index contributed by atoms with van der Waals surface area (Å²) >= 11 is 1.02. The Labute approximate surface area is 99.3 Å². The van der Waals surface area contributed by atoms with Gasteiger partial charge in [0.1, 0.15) is 12.6 Å². The first-order valence-corrected chi connectivity index (χ1v) is 6.87. The molecule has 11 heteroatoms. The second-order valence-corrected chi connectivity index (χ2v) is 5.89. The molecule has 0 aromatic heterocycles. The van der Waals surface area contributed by atoms with E-state index < -0.39 is 34.9 Å². The van der Waals surface area contributed by atoms with Crippen LogP contribution in [0.5, 0.6) is 0 Å². The molecule has 1 atom stereocenters. The van der Waals surface area contributed by atoms with E-state index in [0.717, 1.165) is 11.8 Å². The molecule has 0 amide bonds. The molecule has 1 fully saturated rings. The lowest BCUT2D eigenvalue weighted by Gasteiger charge is -2.20. The van der Waals surface area contributed by atoms with E-state index in [9.17, 15) is 26.4 Å². The van der Waals surface area contributed by atoms with Crippen LogP contribution in [0, 0.1) is 0 Å². The molecule has 1 aliphatic heterocycles. The third-order valence-corrected chi connectivity index (χ3v) is 4.58. The molecule has 1 heterocycles. The predicted octanol–water partition coefficient (Wildman–Crippen LogP) is -0.157. The van der Waals surface area contributed by atoms with Crippen LogP contribution in [0.25, 0.3) is 0 Å². The zero-order valence-electron chi connectivity index (χ0n) is 8.27. The molecule has 0 saturated carbocycles. The summed E-state index contributed by atoms with van der Waals surface area (Å²) in [6.45, 7) is -1.72. The van der Waals surface area contributed by atoms with E-state index in [1.807, 2.05) is 0 Å². The van der Waals surface area contributed by atoms with Gasteiger partial charge in [-0.05, 0) is 0 Å². The maximum Gasteiger partial charge on any atom is 0.402 e. The number of carboxylic acids is 1. The van der Waals surface area contributed by atoms with E-state index in [1.54, 1.807) is 0 Å². The minimum atomic E-state index is -4.68. The van der Waals surface area contributed by atoms with Gasteiger partial charge in [0, 0.05) is 5.75 Å². The molecule has 1 rings (SSSR count). The second-order valence-electron chi connectivity index (χ2n) is 3.18. The van der Waals surface area contributed by atoms with E-state index in [1.165, 1.54) is 4.72 Å². The molecule has 2 N–H and O–H groups in total. The summed E-state index contributed by atoms with van der Waals surface area (Å²) in [4.78, 5) is 10.7. The smallest absolute Gasteiger partial charge is 0.402 e. The minimum absolute atomic E-state index is 0.0161. The number of carbonyl (C=O) groups is 1. The summed E-state index contributed by atoms with van der Waals surface area (Å²) in [5, 5.41) is 8.71. The molecule has 0 aliphatic carbocycles. The van der Waals surface area contributed by atoms with Gasteiger partial charge >= 0.3 is 12.1 Å². The fourth-order valence-corrected chi connectivity index (χ4v) is 4.01. The summed E-state index contributed by atoms with van der Waals surface area (Å²) in [7, 11) is -4.43. The highest BCUT2D eigenvalue weighted by Crippen LogP contribution is 2.24. The molecule has 1 aliphatic rings. The lowest BCUT2D eigenvalue weighted by Crippen LogP contribution is -2.49. The minimum Gasteiger partial charge on any atom is -0.480 e. The second kappa shape index (κ2) is 5.00. The van der Waals surface area contributed by atoms with Crippen LogP contribution < -0.4 is 4.72 Å². The number of hydrogen-bond acceptors (Lipinski definition) is 4. The van der Waals surface area contributed by atoms with Gasteiger partial charge in [0.05, 0.1) is 5.88 Å². The summed E-state index contributed by atoms with van der Waals surface area (Å²) in [6, 6.07) is -1.33. The Morgan fingerprint density at radius 2 is 2.12 bits per heavy atom. The van der Waals surface area contributed by atoms with Crippen molar-refractivity contribution in [2.75, 3.05) is 18.2 Å². The topological polar surface area (TPSA) is 86.7 Å². The zero-order valence-corrected chi connectivity index (χ0v) is 9.90. The zero-order chi connectivity index (χ0) is 13.3. The molecule has 100 valence electrons. The Balaban J connectivity index is 2.73. The van der Waals surface area contributed by atoms with Crippen LogP contribution in [-0.2, 0) is 15.0 Å². The summed E-state index contributed by atoms with van der Waals surface area (Å²) in [6.07, 6.45) is -4.68. The maximum atomic E-state index is 11.9. The van der Waals surface area contributed by atoms with Gasteiger partial charge in [0.25, 0.3) is 10.2 Å². The predicted molar refractivity (Wildman–Crippen MR) is 53.6 cm³/mol. The highest BCUT2D eigenvalue weighted by atomic mass is 32.2. The molecule has 0 radical (unpaired) electrons. The molecule has 0 spiro atoms. The number of hydrogen-bond donors (Lipinski definition) is 2. The van der Waals surface area contributed by atoms with Gasteiger partial charge < -0.3 is 5.11 Å². The summed E-state index contributed by atoms with van der Waals surface area (Å²) in [5.74, 6) is -1.54. The number of carboxylic acid groups (broad SMARTS) is 1. The fourth-order valence-electron chi connectivity index (χ4n) is 1.11. The normalized spacial score (nSPS) is 22.9. The van der Waals surface area contributed by atoms with Crippen LogP contribution in [0.1, 0.15) is 0 Å². The van der Waals surface area contributed by atoms with Crippen LogP contribution in [0.4, 0.5) is 13.2 Å². The number of alkyl halides is 3. The maximum absolute atomic E-state index is 11.9. The third-order valence-electron chi connectivity index (χ3n) is 1.89. The molecule has 0 aromatic rings. The Hall–Kier alpha value is -0.520. The van der Waals surface area contributed by atoms with Crippen molar-refractivity contribution in [3.05, 3.63) is 0 Å². The van der Waals surface area contributed by atoms with Gasteiger partial charge in [-0.1, -0.05) is 0 Å². The average molecular weight is 294 g/mol. The summed E-state index contributed by atoms with van der Waals surface area (Å²) in [5.41, 5.74) is 0. The number of aliphatic carboxylic acids is 1. The summed E-state index contributed by atoms with van der Waals surface area (Å²) < 4.78 is 60.3. The third kappa shape index (κ3) is 4.01. The average Bonchev–Trinajstić information content (AvgIpc) is 2.62. The molecule has 6 nitrogen and oxygen atoms in total. The molecular formula is C6H9F3N2O4S2.